The first-order chi connectivity index (χ1) is 13.8. The molecule has 0 aliphatic heterocycles. The maximum atomic E-state index is 13.6. The highest BCUT2D eigenvalue weighted by molar-refractivity contribution is 5.91. The van der Waals surface area contributed by atoms with Crippen LogP contribution in [0.5, 0.6) is 0 Å². The summed E-state index contributed by atoms with van der Waals surface area (Å²) in [5, 5.41) is 2.85. The molecule has 0 radical (unpaired) electrons. The van der Waals surface area contributed by atoms with E-state index < -0.39 is 0 Å². The molecule has 29 heavy (non-hydrogen) atoms. The molecule has 156 valence electrons. The standard InChI is InChI=1S/C22H28FN3O3/c1-5-21(27)24-19-9-10-20(25(2)3)17(12-19)14-26(22(28)15-29-4)13-16-7-6-8-18(23)11-16/h6-12H,5,13-15H2,1-4H3,(H,24,27). The number of carbonyl (C=O) groups excluding carboxylic acids is 2. The summed E-state index contributed by atoms with van der Waals surface area (Å²) in [7, 11) is 5.29. The number of nitrogens with one attached hydrogen (secondary N) is 1. The van der Waals surface area contributed by atoms with Crippen LogP contribution in [0, 0.1) is 5.82 Å². The predicted molar refractivity (Wildman–Crippen MR) is 112 cm³/mol. The van der Waals surface area contributed by atoms with Gasteiger partial charge in [0.1, 0.15) is 12.4 Å². The molecule has 0 bridgehead atoms. The van der Waals surface area contributed by atoms with Gasteiger partial charge in [0, 0.05) is 52.1 Å². The first-order valence-electron chi connectivity index (χ1n) is 9.45. The maximum absolute atomic E-state index is 13.6. The Labute approximate surface area is 171 Å². The van der Waals surface area contributed by atoms with Gasteiger partial charge in [0.15, 0.2) is 0 Å². The van der Waals surface area contributed by atoms with Gasteiger partial charge in [-0.3, -0.25) is 9.59 Å². The zero-order chi connectivity index (χ0) is 21.4. The molecule has 0 fully saturated rings. The van der Waals surface area contributed by atoms with Crippen LogP contribution in [0.1, 0.15) is 24.5 Å². The van der Waals surface area contributed by atoms with E-state index in [1.165, 1.54) is 19.2 Å². The van der Waals surface area contributed by atoms with Crippen LogP contribution in [-0.2, 0) is 27.4 Å². The Balaban J connectivity index is 2.35. The lowest BCUT2D eigenvalue weighted by atomic mass is 10.1. The molecular weight excluding hydrogens is 373 g/mol. The van der Waals surface area contributed by atoms with E-state index in [2.05, 4.69) is 5.32 Å². The van der Waals surface area contributed by atoms with Crippen molar-refractivity contribution in [1.29, 1.82) is 0 Å². The van der Waals surface area contributed by atoms with Crippen molar-refractivity contribution in [3.63, 3.8) is 0 Å². The van der Waals surface area contributed by atoms with Gasteiger partial charge >= 0.3 is 0 Å². The third-order valence-electron chi connectivity index (χ3n) is 4.41. The molecule has 0 atom stereocenters. The van der Waals surface area contributed by atoms with Crippen LogP contribution in [0.4, 0.5) is 15.8 Å². The van der Waals surface area contributed by atoms with E-state index >= 15 is 0 Å². The molecule has 2 aromatic carbocycles. The van der Waals surface area contributed by atoms with Gasteiger partial charge in [-0.25, -0.2) is 4.39 Å². The Hall–Kier alpha value is -2.93. The molecular formula is C22H28FN3O3. The molecule has 2 rings (SSSR count). The molecule has 0 aliphatic rings. The molecule has 6 nitrogen and oxygen atoms in total. The molecule has 0 unspecified atom stereocenters. The number of amides is 2. The minimum atomic E-state index is -0.347. The fourth-order valence-corrected chi connectivity index (χ4v) is 2.98. The second kappa shape index (κ2) is 10.6. The van der Waals surface area contributed by atoms with Gasteiger partial charge in [-0.2, -0.15) is 0 Å². The summed E-state index contributed by atoms with van der Waals surface area (Å²) in [4.78, 5) is 28.0. The predicted octanol–water partition coefficient (Wildman–Crippen LogP) is 3.42. The van der Waals surface area contributed by atoms with Crippen molar-refractivity contribution in [2.75, 3.05) is 38.0 Å². The van der Waals surface area contributed by atoms with Gasteiger partial charge in [-0.1, -0.05) is 19.1 Å². The monoisotopic (exact) mass is 401 g/mol. The minimum Gasteiger partial charge on any atom is -0.377 e. The number of benzene rings is 2. The molecule has 0 saturated carbocycles. The molecule has 2 amide bonds. The summed E-state index contributed by atoms with van der Waals surface area (Å²) in [6.07, 6.45) is 0.378. The Morgan fingerprint density at radius 1 is 1.10 bits per heavy atom. The van der Waals surface area contributed by atoms with E-state index in [0.717, 1.165) is 11.3 Å². The number of anilines is 2. The number of carbonyl (C=O) groups is 2. The highest BCUT2D eigenvalue weighted by Crippen LogP contribution is 2.25. The third kappa shape index (κ3) is 6.57. The molecule has 0 saturated heterocycles. The summed E-state index contributed by atoms with van der Waals surface area (Å²) in [5.41, 5.74) is 3.15. The number of hydrogen-bond acceptors (Lipinski definition) is 4. The lowest BCUT2D eigenvalue weighted by Crippen LogP contribution is -2.33. The normalized spacial score (nSPS) is 10.5. The fourth-order valence-electron chi connectivity index (χ4n) is 2.98. The lowest BCUT2D eigenvalue weighted by Gasteiger charge is -2.26. The lowest BCUT2D eigenvalue weighted by molar-refractivity contribution is -0.136. The Kier molecular flexibility index (Phi) is 8.15. The summed E-state index contributed by atoms with van der Waals surface area (Å²) in [6, 6.07) is 11.8. The number of hydrogen-bond donors (Lipinski definition) is 1. The average Bonchev–Trinajstić information content (AvgIpc) is 2.67. The van der Waals surface area contributed by atoms with Crippen molar-refractivity contribution in [3.05, 3.63) is 59.4 Å². The molecule has 2 aromatic rings. The van der Waals surface area contributed by atoms with Crippen LogP contribution in [0.2, 0.25) is 0 Å². The van der Waals surface area contributed by atoms with Crippen molar-refractivity contribution in [2.24, 2.45) is 0 Å². The van der Waals surface area contributed by atoms with Crippen molar-refractivity contribution >= 4 is 23.2 Å². The largest absolute Gasteiger partial charge is 0.377 e. The van der Waals surface area contributed by atoms with E-state index in [-0.39, 0.29) is 30.8 Å². The molecule has 0 aromatic heterocycles. The number of rotatable bonds is 9. The molecule has 7 heteroatoms. The summed E-state index contributed by atoms with van der Waals surface area (Å²) < 4.78 is 18.6. The van der Waals surface area contributed by atoms with Gasteiger partial charge in [-0.05, 0) is 41.5 Å². The van der Waals surface area contributed by atoms with Crippen LogP contribution in [0.25, 0.3) is 0 Å². The summed E-state index contributed by atoms with van der Waals surface area (Å²) >= 11 is 0. The number of ether oxygens (including phenoxy) is 1. The second-order valence-electron chi connectivity index (χ2n) is 6.95. The van der Waals surface area contributed by atoms with Crippen molar-refractivity contribution in [1.82, 2.24) is 4.90 Å². The molecule has 1 N–H and O–H groups in total. The number of nitrogens with zero attached hydrogens (tertiary/aromatic N) is 2. The molecule has 0 aliphatic carbocycles. The zero-order valence-corrected chi connectivity index (χ0v) is 17.4. The first kappa shape index (κ1) is 22.4. The van der Waals surface area contributed by atoms with Crippen molar-refractivity contribution < 1.29 is 18.7 Å². The highest BCUT2D eigenvalue weighted by Gasteiger charge is 2.18. The maximum Gasteiger partial charge on any atom is 0.249 e. The quantitative estimate of drug-likeness (QED) is 0.700. The van der Waals surface area contributed by atoms with Gasteiger partial charge in [0.05, 0.1) is 0 Å². The molecule has 0 spiro atoms. The molecule has 0 heterocycles. The van der Waals surface area contributed by atoms with Gasteiger partial charge < -0.3 is 19.9 Å². The van der Waals surface area contributed by atoms with Gasteiger partial charge in [0.2, 0.25) is 11.8 Å². The van der Waals surface area contributed by atoms with Crippen LogP contribution in [0.3, 0.4) is 0 Å². The summed E-state index contributed by atoms with van der Waals surface area (Å²) in [6.45, 7) is 2.26. The van der Waals surface area contributed by atoms with Crippen LogP contribution < -0.4 is 10.2 Å². The van der Waals surface area contributed by atoms with E-state index in [1.807, 2.05) is 37.2 Å². The van der Waals surface area contributed by atoms with Crippen molar-refractivity contribution in [3.8, 4) is 0 Å². The smallest absolute Gasteiger partial charge is 0.249 e. The van der Waals surface area contributed by atoms with Crippen LogP contribution in [0.15, 0.2) is 42.5 Å². The zero-order valence-electron chi connectivity index (χ0n) is 17.4. The number of methoxy groups -OCH3 is 1. The Bertz CT molecular complexity index is 855. The Morgan fingerprint density at radius 2 is 1.86 bits per heavy atom. The van der Waals surface area contributed by atoms with Crippen LogP contribution in [-0.4, -0.2) is 44.5 Å². The third-order valence-corrected chi connectivity index (χ3v) is 4.41. The summed E-state index contributed by atoms with van der Waals surface area (Å²) in [5.74, 6) is -0.634. The van der Waals surface area contributed by atoms with Gasteiger partial charge in [0.25, 0.3) is 0 Å². The first-order valence-corrected chi connectivity index (χ1v) is 9.45. The van der Waals surface area contributed by atoms with Crippen LogP contribution >= 0.6 is 0 Å². The SMILES string of the molecule is CCC(=O)Nc1ccc(N(C)C)c(CN(Cc2cccc(F)c2)C(=O)COC)c1. The fraction of sp³-hybridized carbons (Fsp3) is 0.364. The number of halogens is 1. The van der Waals surface area contributed by atoms with Gasteiger partial charge in [-0.15, -0.1) is 0 Å². The van der Waals surface area contributed by atoms with E-state index in [9.17, 15) is 14.0 Å². The average molecular weight is 401 g/mol. The minimum absolute atomic E-state index is 0.0706. The topological polar surface area (TPSA) is 61.9 Å². The van der Waals surface area contributed by atoms with E-state index in [1.54, 1.807) is 24.0 Å². The second-order valence-corrected chi connectivity index (χ2v) is 6.95. The highest BCUT2D eigenvalue weighted by atomic mass is 19.1. The Morgan fingerprint density at radius 3 is 2.48 bits per heavy atom. The van der Waals surface area contributed by atoms with E-state index in [0.29, 0.717) is 24.2 Å². The van der Waals surface area contributed by atoms with E-state index in [4.69, 9.17) is 4.74 Å². The van der Waals surface area contributed by atoms with Crippen molar-refractivity contribution in [2.45, 2.75) is 26.4 Å².